The molecular weight excluding hydrogens is 175 g/mol. The molecule has 6 nitrogen and oxygen atoms in total. The van der Waals surface area contributed by atoms with Crippen molar-refractivity contribution in [3.63, 3.8) is 0 Å². The van der Waals surface area contributed by atoms with E-state index in [1.165, 1.54) is 6.92 Å². The van der Waals surface area contributed by atoms with Gasteiger partial charge in [0, 0.05) is 0 Å². The van der Waals surface area contributed by atoms with E-state index in [2.05, 4.69) is 4.89 Å². The Balaban J connectivity index is 4.42. The fourth-order valence-corrected chi connectivity index (χ4v) is 1.40. The molecule has 0 amide bonds. The lowest BCUT2D eigenvalue weighted by Crippen LogP contribution is -2.21. The third-order valence-electron chi connectivity index (χ3n) is 1.15. The predicted octanol–water partition coefficient (Wildman–Crippen LogP) is -0.0411. The van der Waals surface area contributed by atoms with Crippen LogP contribution in [-0.4, -0.2) is 26.7 Å². The molecule has 0 fully saturated rings. The van der Waals surface area contributed by atoms with Crippen LogP contribution in [0.15, 0.2) is 0 Å². The molecule has 1 unspecified atom stereocenters. The number of rotatable bonds is 3. The molecule has 3 N–H and O–H groups in total. The minimum atomic E-state index is -4.48. The summed E-state index contributed by atoms with van der Waals surface area (Å²) < 4.78 is 10.4. The molecule has 0 aliphatic rings. The minimum absolute atomic E-state index is 0.0797. The third-order valence-corrected chi connectivity index (χ3v) is 2.54. The van der Waals surface area contributed by atoms with Gasteiger partial charge in [-0.1, -0.05) is 6.92 Å². The van der Waals surface area contributed by atoms with E-state index in [4.69, 9.17) is 15.0 Å². The van der Waals surface area contributed by atoms with Gasteiger partial charge in [-0.3, -0.25) is 9.45 Å². The van der Waals surface area contributed by atoms with Gasteiger partial charge in [0.15, 0.2) is 5.66 Å². The molecule has 0 saturated heterocycles. The standard InChI is InChI=1S/C4H9O6P/c1-2-3(4(5)10-6)11(7,8)9/h3,6H,2H2,1H3,(H2,7,8,9). The van der Waals surface area contributed by atoms with Crippen molar-refractivity contribution in [1.82, 2.24) is 0 Å². The Hall–Kier alpha value is -0.420. The quantitative estimate of drug-likeness (QED) is 0.323. The highest BCUT2D eigenvalue weighted by Gasteiger charge is 2.35. The molecule has 0 heterocycles. The summed E-state index contributed by atoms with van der Waals surface area (Å²) in [6, 6.07) is 0. The number of hydrogen-bond donors (Lipinski definition) is 3. The summed E-state index contributed by atoms with van der Waals surface area (Å²) in [5, 5.41) is 7.81. The molecule has 0 aromatic heterocycles. The van der Waals surface area contributed by atoms with Gasteiger partial charge in [-0.2, -0.15) is 5.26 Å². The normalized spacial score (nSPS) is 14.2. The van der Waals surface area contributed by atoms with Crippen LogP contribution in [0.3, 0.4) is 0 Å². The molecule has 0 saturated carbocycles. The molecule has 0 radical (unpaired) electrons. The second kappa shape index (κ2) is 3.82. The Labute approximate surface area is 62.9 Å². The van der Waals surface area contributed by atoms with Crippen molar-refractivity contribution in [2.24, 2.45) is 0 Å². The zero-order valence-electron chi connectivity index (χ0n) is 5.80. The van der Waals surface area contributed by atoms with Crippen LogP contribution in [-0.2, 0) is 14.2 Å². The summed E-state index contributed by atoms with van der Waals surface area (Å²) >= 11 is 0. The molecule has 0 spiro atoms. The van der Waals surface area contributed by atoms with Crippen molar-refractivity contribution in [1.29, 1.82) is 0 Å². The number of carbonyl (C=O) groups excluding carboxylic acids is 1. The summed E-state index contributed by atoms with van der Waals surface area (Å²) in [5.41, 5.74) is -1.56. The van der Waals surface area contributed by atoms with Gasteiger partial charge in [0.2, 0.25) is 0 Å². The van der Waals surface area contributed by atoms with E-state index >= 15 is 0 Å². The van der Waals surface area contributed by atoms with Crippen molar-refractivity contribution in [3.8, 4) is 0 Å². The average molecular weight is 184 g/mol. The smallest absolute Gasteiger partial charge is 0.324 e. The van der Waals surface area contributed by atoms with Crippen LogP contribution in [0.5, 0.6) is 0 Å². The number of hydrogen-bond acceptors (Lipinski definition) is 4. The van der Waals surface area contributed by atoms with E-state index in [0.717, 1.165) is 0 Å². The van der Waals surface area contributed by atoms with Crippen molar-refractivity contribution < 1.29 is 29.3 Å². The molecule has 0 aliphatic heterocycles. The predicted molar refractivity (Wildman–Crippen MR) is 34.8 cm³/mol. The van der Waals surface area contributed by atoms with Gasteiger partial charge >= 0.3 is 13.6 Å². The largest absolute Gasteiger partial charge is 0.357 e. The van der Waals surface area contributed by atoms with Gasteiger partial charge in [0.25, 0.3) is 0 Å². The first-order chi connectivity index (χ1) is 4.93. The zero-order chi connectivity index (χ0) is 9.07. The summed E-state index contributed by atoms with van der Waals surface area (Å²) in [5.74, 6) is -1.30. The first-order valence-corrected chi connectivity index (χ1v) is 4.52. The Bertz CT molecular complexity index is 183. The molecule has 0 rings (SSSR count). The highest BCUT2D eigenvalue weighted by atomic mass is 31.2. The van der Waals surface area contributed by atoms with E-state index in [-0.39, 0.29) is 6.42 Å². The van der Waals surface area contributed by atoms with Crippen LogP contribution in [0.4, 0.5) is 0 Å². The van der Waals surface area contributed by atoms with Gasteiger partial charge in [0.05, 0.1) is 0 Å². The van der Waals surface area contributed by atoms with Crippen LogP contribution >= 0.6 is 7.60 Å². The average Bonchev–Trinajstić information content (AvgIpc) is 1.86. The second-order valence-electron chi connectivity index (χ2n) is 1.92. The van der Waals surface area contributed by atoms with Crippen molar-refractivity contribution in [2.75, 3.05) is 0 Å². The summed E-state index contributed by atoms with van der Waals surface area (Å²) in [6.45, 7) is 1.40. The molecule has 0 aromatic rings. The molecule has 0 aromatic carbocycles. The maximum atomic E-state index is 10.4. The van der Waals surface area contributed by atoms with Crippen LogP contribution in [0.2, 0.25) is 0 Å². The maximum Gasteiger partial charge on any atom is 0.357 e. The molecule has 66 valence electrons. The lowest BCUT2D eigenvalue weighted by molar-refractivity contribution is -0.234. The van der Waals surface area contributed by atoms with Crippen LogP contribution in [0, 0.1) is 0 Å². The van der Waals surface area contributed by atoms with Gasteiger partial charge in [-0.05, 0) is 6.42 Å². The van der Waals surface area contributed by atoms with Gasteiger partial charge in [-0.15, -0.1) is 0 Å². The lowest BCUT2D eigenvalue weighted by atomic mass is 10.3. The highest BCUT2D eigenvalue weighted by Crippen LogP contribution is 2.43. The zero-order valence-corrected chi connectivity index (χ0v) is 6.69. The van der Waals surface area contributed by atoms with Crippen molar-refractivity contribution in [2.45, 2.75) is 19.0 Å². The molecule has 11 heavy (non-hydrogen) atoms. The van der Waals surface area contributed by atoms with E-state index in [1.807, 2.05) is 0 Å². The Kier molecular flexibility index (Phi) is 3.68. The first kappa shape index (κ1) is 10.6. The highest BCUT2D eigenvalue weighted by molar-refractivity contribution is 7.53. The third kappa shape index (κ3) is 2.98. The number of carbonyl (C=O) groups is 1. The molecule has 0 bridgehead atoms. The lowest BCUT2D eigenvalue weighted by Gasteiger charge is -2.11. The van der Waals surface area contributed by atoms with Crippen LogP contribution in [0.25, 0.3) is 0 Å². The van der Waals surface area contributed by atoms with E-state index in [9.17, 15) is 9.36 Å². The van der Waals surface area contributed by atoms with E-state index in [1.54, 1.807) is 0 Å². The van der Waals surface area contributed by atoms with Crippen molar-refractivity contribution in [3.05, 3.63) is 0 Å². The Morgan fingerprint density at radius 1 is 1.64 bits per heavy atom. The second-order valence-corrected chi connectivity index (χ2v) is 3.72. The SMILES string of the molecule is CCC(C(=O)OO)P(=O)(O)O. The Morgan fingerprint density at radius 2 is 2.09 bits per heavy atom. The fourth-order valence-electron chi connectivity index (χ4n) is 0.603. The van der Waals surface area contributed by atoms with Crippen LogP contribution in [0.1, 0.15) is 13.3 Å². The van der Waals surface area contributed by atoms with E-state index in [0.29, 0.717) is 0 Å². The van der Waals surface area contributed by atoms with Crippen LogP contribution < -0.4 is 0 Å². The first-order valence-electron chi connectivity index (χ1n) is 2.84. The van der Waals surface area contributed by atoms with E-state index < -0.39 is 19.2 Å². The maximum absolute atomic E-state index is 10.4. The van der Waals surface area contributed by atoms with Crippen molar-refractivity contribution >= 4 is 13.6 Å². The van der Waals surface area contributed by atoms with Gasteiger partial charge in [0.1, 0.15) is 0 Å². The summed E-state index contributed by atoms with van der Waals surface area (Å²) in [4.78, 5) is 30.6. The molecular formula is C4H9O6P. The summed E-state index contributed by atoms with van der Waals surface area (Å²) in [6.07, 6.45) is -0.0797. The minimum Gasteiger partial charge on any atom is -0.324 e. The van der Waals surface area contributed by atoms with Gasteiger partial charge < -0.3 is 9.79 Å². The molecule has 0 aliphatic carbocycles. The fraction of sp³-hybridized carbons (Fsp3) is 0.750. The molecule has 7 heteroatoms. The monoisotopic (exact) mass is 184 g/mol. The Morgan fingerprint density at radius 3 is 2.18 bits per heavy atom. The van der Waals surface area contributed by atoms with Gasteiger partial charge in [-0.25, -0.2) is 4.79 Å². The topological polar surface area (TPSA) is 104 Å². The molecule has 1 atom stereocenters. The summed E-state index contributed by atoms with van der Waals surface area (Å²) in [7, 11) is -4.48.